The molecule has 1 aliphatic rings. The summed E-state index contributed by atoms with van der Waals surface area (Å²) in [6.45, 7) is 13.7. The van der Waals surface area contributed by atoms with Crippen LogP contribution in [0.5, 0.6) is 0 Å². The predicted molar refractivity (Wildman–Crippen MR) is 70.0 cm³/mol. The molecule has 17 heavy (non-hydrogen) atoms. The van der Waals surface area contributed by atoms with Crippen LogP contribution in [-0.4, -0.2) is 35.6 Å². The molecule has 0 amide bonds. The molecular formula is C14H27NO2. The third kappa shape index (κ3) is 3.98. The van der Waals surface area contributed by atoms with Crippen molar-refractivity contribution in [3.8, 4) is 0 Å². The van der Waals surface area contributed by atoms with Crippen LogP contribution in [0.1, 0.15) is 47.5 Å². The summed E-state index contributed by atoms with van der Waals surface area (Å²) in [6.07, 6.45) is 1.98. The van der Waals surface area contributed by atoms with E-state index in [0.29, 0.717) is 5.41 Å². The van der Waals surface area contributed by atoms with E-state index in [9.17, 15) is 4.79 Å². The smallest absolute Gasteiger partial charge is 0.309 e. The van der Waals surface area contributed by atoms with Crippen LogP contribution in [0.2, 0.25) is 0 Å². The first kappa shape index (κ1) is 14.5. The Morgan fingerprint density at radius 2 is 1.88 bits per heavy atom. The van der Waals surface area contributed by atoms with Crippen molar-refractivity contribution in [3.63, 3.8) is 0 Å². The highest BCUT2D eigenvalue weighted by Crippen LogP contribution is 2.34. The molecular weight excluding hydrogens is 214 g/mol. The molecule has 0 aromatic rings. The van der Waals surface area contributed by atoms with Gasteiger partial charge in [0.15, 0.2) is 0 Å². The average Bonchev–Trinajstić information content (AvgIpc) is 2.62. The maximum Gasteiger partial charge on any atom is 0.309 e. The maximum absolute atomic E-state index is 11.0. The minimum atomic E-state index is -0.691. The quantitative estimate of drug-likeness (QED) is 0.822. The molecule has 0 aromatic heterocycles. The molecule has 0 radical (unpaired) electrons. The number of rotatable bonds is 4. The fourth-order valence-corrected chi connectivity index (χ4v) is 2.29. The van der Waals surface area contributed by atoms with Crippen molar-refractivity contribution >= 4 is 5.97 Å². The van der Waals surface area contributed by atoms with Gasteiger partial charge in [-0.05, 0) is 51.1 Å². The number of likely N-dealkylation sites (tertiary alicyclic amines) is 1. The largest absolute Gasteiger partial charge is 0.481 e. The lowest BCUT2D eigenvalue weighted by Crippen LogP contribution is -2.32. The van der Waals surface area contributed by atoms with Gasteiger partial charge >= 0.3 is 5.97 Å². The van der Waals surface area contributed by atoms with E-state index in [1.165, 1.54) is 6.42 Å². The van der Waals surface area contributed by atoms with E-state index in [4.69, 9.17) is 5.11 Å². The minimum Gasteiger partial charge on any atom is -0.481 e. The Kier molecular flexibility index (Phi) is 4.23. The second-order valence-corrected chi connectivity index (χ2v) is 7.09. The van der Waals surface area contributed by atoms with Crippen LogP contribution in [0.25, 0.3) is 0 Å². The Hall–Kier alpha value is -0.570. The van der Waals surface area contributed by atoms with E-state index >= 15 is 0 Å². The molecule has 1 unspecified atom stereocenters. The molecule has 0 spiro atoms. The summed E-state index contributed by atoms with van der Waals surface area (Å²) in [5.74, 6) is 0.0551. The van der Waals surface area contributed by atoms with Crippen LogP contribution >= 0.6 is 0 Å². The number of carboxylic acid groups (broad SMARTS) is 1. The van der Waals surface area contributed by atoms with Crippen LogP contribution in [0.15, 0.2) is 0 Å². The summed E-state index contributed by atoms with van der Waals surface area (Å²) < 4.78 is 0. The molecule has 0 bridgehead atoms. The zero-order valence-electron chi connectivity index (χ0n) is 11.9. The third-order valence-electron chi connectivity index (χ3n) is 4.13. The van der Waals surface area contributed by atoms with E-state index < -0.39 is 11.4 Å². The molecule has 0 aliphatic carbocycles. The molecule has 1 aliphatic heterocycles. The maximum atomic E-state index is 11.0. The van der Waals surface area contributed by atoms with Crippen LogP contribution in [-0.2, 0) is 4.79 Å². The molecule has 1 fully saturated rings. The molecule has 1 atom stereocenters. The fourth-order valence-electron chi connectivity index (χ4n) is 2.29. The Morgan fingerprint density at radius 1 is 1.29 bits per heavy atom. The SMILES string of the molecule is CC(C)(CCN1CCC(C(C)(C)C)C1)C(=O)O. The van der Waals surface area contributed by atoms with Crippen molar-refractivity contribution < 1.29 is 9.90 Å². The van der Waals surface area contributed by atoms with E-state index in [1.807, 2.05) is 13.8 Å². The van der Waals surface area contributed by atoms with Crippen LogP contribution in [0.4, 0.5) is 0 Å². The molecule has 1 rings (SSSR count). The van der Waals surface area contributed by atoms with Crippen molar-refractivity contribution in [2.24, 2.45) is 16.7 Å². The normalized spacial score (nSPS) is 23.0. The second-order valence-electron chi connectivity index (χ2n) is 7.09. The molecule has 3 heteroatoms. The van der Waals surface area contributed by atoms with Crippen LogP contribution < -0.4 is 0 Å². The first-order valence-corrected chi connectivity index (χ1v) is 6.59. The van der Waals surface area contributed by atoms with Crippen molar-refractivity contribution in [1.29, 1.82) is 0 Å². The summed E-state index contributed by atoms with van der Waals surface area (Å²) in [5, 5.41) is 9.08. The van der Waals surface area contributed by atoms with Gasteiger partial charge in [-0.3, -0.25) is 4.79 Å². The predicted octanol–water partition coefficient (Wildman–Crippen LogP) is 2.86. The minimum absolute atomic E-state index is 0.372. The number of hydrogen-bond donors (Lipinski definition) is 1. The number of carbonyl (C=O) groups is 1. The Labute approximate surface area is 105 Å². The van der Waals surface area contributed by atoms with Gasteiger partial charge in [-0.2, -0.15) is 0 Å². The van der Waals surface area contributed by atoms with E-state index in [1.54, 1.807) is 0 Å². The molecule has 0 aromatic carbocycles. The zero-order valence-corrected chi connectivity index (χ0v) is 11.9. The Morgan fingerprint density at radius 3 is 2.29 bits per heavy atom. The number of hydrogen-bond acceptors (Lipinski definition) is 2. The van der Waals surface area contributed by atoms with Gasteiger partial charge in [0.2, 0.25) is 0 Å². The molecule has 1 saturated heterocycles. The van der Waals surface area contributed by atoms with Gasteiger partial charge in [-0.15, -0.1) is 0 Å². The summed E-state index contributed by atoms with van der Waals surface area (Å²) in [5.41, 5.74) is -0.225. The second kappa shape index (κ2) is 4.97. The number of nitrogens with zero attached hydrogens (tertiary/aromatic N) is 1. The van der Waals surface area contributed by atoms with Gasteiger partial charge in [0.1, 0.15) is 0 Å². The highest BCUT2D eigenvalue weighted by molar-refractivity contribution is 5.73. The summed E-state index contributed by atoms with van der Waals surface area (Å²) in [7, 11) is 0. The van der Waals surface area contributed by atoms with Gasteiger partial charge in [-0.25, -0.2) is 0 Å². The summed E-state index contributed by atoms with van der Waals surface area (Å²) in [4.78, 5) is 13.4. The first-order valence-electron chi connectivity index (χ1n) is 6.59. The van der Waals surface area contributed by atoms with E-state index in [-0.39, 0.29) is 0 Å². The van der Waals surface area contributed by atoms with E-state index in [2.05, 4.69) is 25.7 Å². The highest BCUT2D eigenvalue weighted by Gasteiger charge is 2.33. The zero-order chi connectivity index (χ0) is 13.3. The molecule has 1 heterocycles. The third-order valence-corrected chi connectivity index (χ3v) is 4.13. The summed E-state index contributed by atoms with van der Waals surface area (Å²) >= 11 is 0. The lowest BCUT2D eigenvalue weighted by molar-refractivity contribution is -0.147. The monoisotopic (exact) mass is 241 g/mol. The van der Waals surface area contributed by atoms with Gasteiger partial charge in [-0.1, -0.05) is 20.8 Å². The van der Waals surface area contributed by atoms with Crippen LogP contribution in [0, 0.1) is 16.7 Å². The van der Waals surface area contributed by atoms with Crippen molar-refractivity contribution in [2.75, 3.05) is 19.6 Å². The molecule has 0 saturated carbocycles. The fraction of sp³-hybridized carbons (Fsp3) is 0.929. The van der Waals surface area contributed by atoms with Crippen molar-refractivity contribution in [3.05, 3.63) is 0 Å². The van der Waals surface area contributed by atoms with Gasteiger partial charge in [0.05, 0.1) is 5.41 Å². The topological polar surface area (TPSA) is 40.5 Å². The van der Waals surface area contributed by atoms with Gasteiger partial charge < -0.3 is 10.0 Å². The Bertz CT molecular complexity index is 278. The Balaban J connectivity index is 2.39. The standard InChI is InChI=1S/C14H27NO2/c1-13(2,3)11-6-8-15(10-11)9-7-14(4,5)12(16)17/h11H,6-10H2,1-5H3,(H,16,17). The first-order chi connectivity index (χ1) is 7.63. The molecule has 1 N–H and O–H groups in total. The van der Waals surface area contributed by atoms with Crippen molar-refractivity contribution in [2.45, 2.75) is 47.5 Å². The van der Waals surface area contributed by atoms with Crippen LogP contribution in [0.3, 0.4) is 0 Å². The lowest BCUT2D eigenvalue weighted by atomic mass is 9.80. The van der Waals surface area contributed by atoms with Gasteiger partial charge in [0, 0.05) is 6.54 Å². The van der Waals surface area contributed by atoms with Gasteiger partial charge in [0.25, 0.3) is 0 Å². The lowest BCUT2D eigenvalue weighted by Gasteiger charge is -2.28. The van der Waals surface area contributed by atoms with E-state index in [0.717, 1.165) is 32.0 Å². The number of carboxylic acids is 1. The average molecular weight is 241 g/mol. The molecule has 3 nitrogen and oxygen atoms in total. The molecule has 100 valence electrons. The summed E-state index contributed by atoms with van der Waals surface area (Å²) in [6, 6.07) is 0. The number of aliphatic carboxylic acids is 1. The van der Waals surface area contributed by atoms with Crippen molar-refractivity contribution in [1.82, 2.24) is 4.90 Å². The highest BCUT2D eigenvalue weighted by atomic mass is 16.4.